The van der Waals surface area contributed by atoms with Gasteiger partial charge in [-0.3, -0.25) is 9.59 Å². The molecule has 0 saturated carbocycles. The largest absolute Gasteiger partial charge is 0.350 e. The quantitative estimate of drug-likeness (QED) is 0.820. The van der Waals surface area contributed by atoms with Crippen LogP contribution in [-0.2, 0) is 4.79 Å². The van der Waals surface area contributed by atoms with E-state index in [4.69, 9.17) is 0 Å². The van der Waals surface area contributed by atoms with E-state index in [0.717, 1.165) is 32.4 Å². The average molecular weight is 398 g/mol. The SMILES string of the molecule is O=C(NC1CCNC1)C1CCCCN1C(=O)c1ccc(Br)c(F)c1. The number of nitrogens with zero attached hydrogens (tertiary/aromatic N) is 1. The minimum Gasteiger partial charge on any atom is -0.350 e. The first-order chi connectivity index (χ1) is 11.6. The van der Waals surface area contributed by atoms with E-state index < -0.39 is 11.9 Å². The summed E-state index contributed by atoms with van der Waals surface area (Å²) in [5, 5.41) is 6.24. The Labute approximate surface area is 149 Å². The van der Waals surface area contributed by atoms with Gasteiger partial charge in [-0.15, -0.1) is 0 Å². The van der Waals surface area contributed by atoms with Crippen molar-refractivity contribution in [3.05, 3.63) is 34.1 Å². The lowest BCUT2D eigenvalue weighted by atomic mass is 9.99. The van der Waals surface area contributed by atoms with Crippen LogP contribution in [0.3, 0.4) is 0 Å². The van der Waals surface area contributed by atoms with E-state index >= 15 is 0 Å². The summed E-state index contributed by atoms with van der Waals surface area (Å²) in [6.07, 6.45) is 3.33. The van der Waals surface area contributed by atoms with Gasteiger partial charge in [0.15, 0.2) is 0 Å². The molecule has 1 aromatic rings. The van der Waals surface area contributed by atoms with Gasteiger partial charge in [0.1, 0.15) is 11.9 Å². The summed E-state index contributed by atoms with van der Waals surface area (Å²) < 4.78 is 14.0. The fraction of sp³-hybridized carbons (Fsp3) is 0.529. The summed E-state index contributed by atoms with van der Waals surface area (Å²) in [5.74, 6) is -0.865. The first-order valence-corrected chi connectivity index (χ1v) is 9.12. The summed E-state index contributed by atoms with van der Waals surface area (Å²) in [6.45, 7) is 2.19. The van der Waals surface area contributed by atoms with Crippen molar-refractivity contribution < 1.29 is 14.0 Å². The molecule has 2 amide bonds. The number of hydrogen-bond acceptors (Lipinski definition) is 3. The lowest BCUT2D eigenvalue weighted by Gasteiger charge is -2.35. The highest BCUT2D eigenvalue weighted by Crippen LogP contribution is 2.22. The summed E-state index contributed by atoms with van der Waals surface area (Å²) >= 11 is 3.09. The van der Waals surface area contributed by atoms with Crippen molar-refractivity contribution in [2.24, 2.45) is 0 Å². The maximum absolute atomic E-state index is 13.7. The van der Waals surface area contributed by atoms with Gasteiger partial charge in [0, 0.05) is 24.7 Å². The van der Waals surface area contributed by atoms with E-state index in [1.54, 1.807) is 11.0 Å². The average Bonchev–Trinajstić information content (AvgIpc) is 3.09. The number of carbonyl (C=O) groups is 2. The van der Waals surface area contributed by atoms with Crippen molar-refractivity contribution in [3.63, 3.8) is 0 Å². The molecular formula is C17H21BrFN3O2. The Morgan fingerprint density at radius 2 is 2.12 bits per heavy atom. The molecule has 24 heavy (non-hydrogen) atoms. The van der Waals surface area contributed by atoms with Crippen LogP contribution in [0.2, 0.25) is 0 Å². The topological polar surface area (TPSA) is 61.4 Å². The Balaban J connectivity index is 1.74. The predicted molar refractivity (Wildman–Crippen MR) is 92.2 cm³/mol. The maximum atomic E-state index is 13.7. The summed E-state index contributed by atoms with van der Waals surface area (Å²) in [7, 11) is 0. The van der Waals surface area contributed by atoms with Crippen LogP contribution in [0.25, 0.3) is 0 Å². The zero-order chi connectivity index (χ0) is 17.1. The van der Waals surface area contributed by atoms with E-state index in [1.165, 1.54) is 12.1 Å². The number of halogens is 2. The molecule has 130 valence electrons. The molecule has 3 rings (SSSR count). The minimum absolute atomic E-state index is 0.102. The summed E-state index contributed by atoms with van der Waals surface area (Å²) in [5.41, 5.74) is 0.276. The summed E-state index contributed by atoms with van der Waals surface area (Å²) in [6, 6.07) is 3.97. The molecule has 2 unspecified atom stereocenters. The highest BCUT2D eigenvalue weighted by atomic mass is 79.9. The van der Waals surface area contributed by atoms with Crippen molar-refractivity contribution in [3.8, 4) is 0 Å². The highest BCUT2D eigenvalue weighted by molar-refractivity contribution is 9.10. The minimum atomic E-state index is -0.476. The van der Waals surface area contributed by atoms with Gasteiger partial charge in [-0.25, -0.2) is 4.39 Å². The molecule has 2 atom stereocenters. The molecule has 5 nitrogen and oxygen atoms in total. The Kier molecular flexibility index (Phi) is 5.50. The van der Waals surface area contributed by atoms with Gasteiger partial charge >= 0.3 is 0 Å². The number of rotatable bonds is 3. The second-order valence-corrected chi connectivity index (χ2v) is 7.19. The molecule has 2 aliphatic heterocycles. The van der Waals surface area contributed by atoms with E-state index in [2.05, 4.69) is 26.6 Å². The van der Waals surface area contributed by atoms with Crippen molar-refractivity contribution in [2.45, 2.75) is 37.8 Å². The second kappa shape index (κ2) is 7.61. The van der Waals surface area contributed by atoms with Crippen LogP contribution in [0.5, 0.6) is 0 Å². The van der Waals surface area contributed by atoms with Crippen LogP contribution in [-0.4, -0.2) is 48.4 Å². The molecule has 7 heteroatoms. The van der Waals surface area contributed by atoms with Crippen molar-refractivity contribution in [2.75, 3.05) is 19.6 Å². The van der Waals surface area contributed by atoms with Gasteiger partial charge in [0.25, 0.3) is 5.91 Å². The molecular weight excluding hydrogens is 377 g/mol. The van der Waals surface area contributed by atoms with Crippen molar-refractivity contribution in [1.82, 2.24) is 15.5 Å². The van der Waals surface area contributed by atoms with E-state index in [-0.39, 0.29) is 23.4 Å². The smallest absolute Gasteiger partial charge is 0.254 e. The molecule has 0 radical (unpaired) electrons. The molecule has 0 bridgehead atoms. The number of carbonyl (C=O) groups excluding carboxylic acids is 2. The monoisotopic (exact) mass is 397 g/mol. The Bertz CT molecular complexity index is 634. The van der Waals surface area contributed by atoms with E-state index in [0.29, 0.717) is 17.4 Å². The maximum Gasteiger partial charge on any atom is 0.254 e. The number of hydrogen-bond donors (Lipinski definition) is 2. The van der Waals surface area contributed by atoms with Gasteiger partial charge in [-0.1, -0.05) is 0 Å². The third-order valence-corrected chi connectivity index (χ3v) is 5.28. The fourth-order valence-electron chi connectivity index (χ4n) is 3.32. The van der Waals surface area contributed by atoms with Crippen LogP contribution >= 0.6 is 15.9 Å². The number of amides is 2. The Morgan fingerprint density at radius 3 is 2.83 bits per heavy atom. The lowest BCUT2D eigenvalue weighted by molar-refractivity contribution is -0.127. The molecule has 0 spiro atoms. The normalized spacial score (nSPS) is 24.0. The van der Waals surface area contributed by atoms with Crippen LogP contribution in [0.15, 0.2) is 22.7 Å². The van der Waals surface area contributed by atoms with Gasteiger partial charge in [-0.2, -0.15) is 0 Å². The third-order valence-electron chi connectivity index (χ3n) is 4.64. The Morgan fingerprint density at radius 1 is 1.29 bits per heavy atom. The van der Waals surface area contributed by atoms with Gasteiger partial charge in [-0.05, 0) is 66.4 Å². The second-order valence-electron chi connectivity index (χ2n) is 6.34. The Hall–Kier alpha value is -1.47. The molecule has 2 fully saturated rings. The van der Waals surface area contributed by atoms with Crippen molar-refractivity contribution in [1.29, 1.82) is 0 Å². The molecule has 0 aliphatic carbocycles. The van der Waals surface area contributed by atoms with Crippen LogP contribution in [0.4, 0.5) is 4.39 Å². The van der Waals surface area contributed by atoms with Gasteiger partial charge in [0.2, 0.25) is 5.91 Å². The first-order valence-electron chi connectivity index (χ1n) is 8.33. The van der Waals surface area contributed by atoms with Crippen molar-refractivity contribution >= 4 is 27.7 Å². The zero-order valence-corrected chi connectivity index (χ0v) is 14.9. The molecule has 2 aliphatic rings. The molecule has 2 heterocycles. The molecule has 1 aromatic carbocycles. The van der Waals surface area contributed by atoms with E-state index in [9.17, 15) is 14.0 Å². The predicted octanol–water partition coefficient (Wildman–Crippen LogP) is 2.06. The third kappa shape index (κ3) is 3.78. The number of piperidine rings is 1. The van der Waals surface area contributed by atoms with Crippen LogP contribution in [0, 0.1) is 5.82 Å². The molecule has 2 saturated heterocycles. The van der Waals surface area contributed by atoms with Crippen LogP contribution in [0.1, 0.15) is 36.0 Å². The lowest BCUT2D eigenvalue weighted by Crippen LogP contribution is -2.54. The van der Waals surface area contributed by atoms with Gasteiger partial charge < -0.3 is 15.5 Å². The van der Waals surface area contributed by atoms with Crippen LogP contribution < -0.4 is 10.6 Å². The molecule has 0 aromatic heterocycles. The fourth-order valence-corrected chi connectivity index (χ4v) is 3.56. The van der Waals surface area contributed by atoms with E-state index in [1.807, 2.05) is 0 Å². The standard InChI is InChI=1S/C17H21BrFN3O2/c18-13-5-4-11(9-14(13)19)17(24)22-8-2-1-3-15(22)16(23)21-12-6-7-20-10-12/h4-5,9,12,15,20H,1-3,6-8,10H2,(H,21,23). The number of benzene rings is 1. The number of likely N-dealkylation sites (tertiary alicyclic amines) is 1. The first kappa shape index (κ1) is 17.4. The van der Waals surface area contributed by atoms with Gasteiger partial charge in [0.05, 0.1) is 4.47 Å². The summed E-state index contributed by atoms with van der Waals surface area (Å²) in [4.78, 5) is 27.0. The highest BCUT2D eigenvalue weighted by Gasteiger charge is 2.34. The number of nitrogens with one attached hydrogen (secondary N) is 2. The molecule has 2 N–H and O–H groups in total. The zero-order valence-electron chi connectivity index (χ0n) is 13.4.